The second-order valence-corrected chi connectivity index (χ2v) is 7.30. The number of hydrogen-bond donors (Lipinski definition) is 1. The zero-order valence-electron chi connectivity index (χ0n) is 17.0. The Bertz CT molecular complexity index is 939. The Kier molecular flexibility index (Phi) is 5.91. The Balaban J connectivity index is 1.41. The molecule has 6 heteroatoms. The van der Waals surface area contributed by atoms with Crippen molar-refractivity contribution < 1.29 is 4.74 Å². The number of ether oxygens (including phenoxy) is 1. The summed E-state index contributed by atoms with van der Waals surface area (Å²) in [5.41, 5.74) is 3.26. The van der Waals surface area contributed by atoms with Crippen LogP contribution in [0.1, 0.15) is 11.3 Å². The SMILES string of the molecule is COc1cccc(Nc2cc(C)nc(N3CCN(Cc4ccccc4)CC3)n2)c1. The molecule has 1 saturated heterocycles. The lowest BCUT2D eigenvalue weighted by atomic mass is 10.2. The highest BCUT2D eigenvalue weighted by Crippen LogP contribution is 2.22. The lowest BCUT2D eigenvalue weighted by molar-refractivity contribution is 0.248. The van der Waals surface area contributed by atoms with Crippen LogP contribution < -0.4 is 15.0 Å². The normalized spacial score (nSPS) is 14.6. The van der Waals surface area contributed by atoms with Crippen LogP contribution in [0.4, 0.5) is 17.5 Å². The van der Waals surface area contributed by atoms with E-state index in [1.807, 2.05) is 37.3 Å². The summed E-state index contributed by atoms with van der Waals surface area (Å²) in [4.78, 5) is 14.2. The fourth-order valence-electron chi connectivity index (χ4n) is 3.55. The minimum Gasteiger partial charge on any atom is -0.497 e. The molecule has 0 radical (unpaired) electrons. The van der Waals surface area contributed by atoms with Crippen molar-refractivity contribution in [3.63, 3.8) is 0 Å². The molecule has 0 amide bonds. The quantitative estimate of drug-likeness (QED) is 0.691. The summed E-state index contributed by atoms with van der Waals surface area (Å²) in [5.74, 6) is 2.40. The molecule has 6 nitrogen and oxygen atoms in total. The maximum Gasteiger partial charge on any atom is 0.227 e. The number of methoxy groups -OCH3 is 1. The summed E-state index contributed by atoms with van der Waals surface area (Å²) in [6, 6.07) is 20.5. The molecule has 0 bridgehead atoms. The first kappa shape index (κ1) is 19.2. The first-order valence-electron chi connectivity index (χ1n) is 9.97. The lowest BCUT2D eigenvalue weighted by Crippen LogP contribution is -2.46. The third kappa shape index (κ3) is 5.03. The van der Waals surface area contributed by atoms with E-state index in [0.29, 0.717) is 0 Å². The summed E-state index contributed by atoms with van der Waals surface area (Å²) >= 11 is 0. The van der Waals surface area contributed by atoms with Gasteiger partial charge in [-0.2, -0.15) is 4.98 Å². The van der Waals surface area contributed by atoms with Gasteiger partial charge in [-0.05, 0) is 24.6 Å². The Morgan fingerprint density at radius 1 is 0.931 bits per heavy atom. The van der Waals surface area contributed by atoms with Crippen molar-refractivity contribution in [2.24, 2.45) is 0 Å². The van der Waals surface area contributed by atoms with Gasteiger partial charge in [-0.3, -0.25) is 4.90 Å². The van der Waals surface area contributed by atoms with E-state index in [0.717, 1.165) is 61.6 Å². The van der Waals surface area contributed by atoms with Gasteiger partial charge < -0.3 is 15.0 Å². The van der Waals surface area contributed by atoms with E-state index in [1.165, 1.54) is 5.56 Å². The smallest absolute Gasteiger partial charge is 0.227 e. The van der Waals surface area contributed by atoms with E-state index in [4.69, 9.17) is 9.72 Å². The predicted octanol–water partition coefficient (Wildman–Crippen LogP) is 3.86. The molecule has 150 valence electrons. The van der Waals surface area contributed by atoms with E-state index < -0.39 is 0 Å². The molecule has 1 N–H and O–H groups in total. The number of anilines is 3. The second kappa shape index (κ2) is 8.92. The van der Waals surface area contributed by atoms with E-state index in [2.05, 4.69) is 50.4 Å². The Morgan fingerprint density at radius 3 is 2.48 bits per heavy atom. The van der Waals surface area contributed by atoms with Crippen LogP contribution in [-0.2, 0) is 6.54 Å². The van der Waals surface area contributed by atoms with Crippen LogP contribution in [0.2, 0.25) is 0 Å². The summed E-state index contributed by atoms with van der Waals surface area (Å²) in [5, 5.41) is 3.37. The Labute approximate surface area is 172 Å². The van der Waals surface area contributed by atoms with Crippen LogP contribution in [-0.4, -0.2) is 48.2 Å². The van der Waals surface area contributed by atoms with Gasteiger partial charge in [-0.25, -0.2) is 4.98 Å². The van der Waals surface area contributed by atoms with Gasteiger partial charge in [0.15, 0.2) is 0 Å². The standard InChI is InChI=1S/C23H27N5O/c1-18-15-22(25-20-9-6-10-21(16-20)29-2)26-23(24-18)28-13-11-27(12-14-28)17-19-7-4-3-5-8-19/h3-10,15-16H,11-14,17H2,1-2H3,(H,24,25,26). The first-order valence-corrected chi connectivity index (χ1v) is 9.97. The molecule has 1 fully saturated rings. The van der Waals surface area contributed by atoms with Gasteiger partial charge in [0.05, 0.1) is 7.11 Å². The fourth-order valence-corrected chi connectivity index (χ4v) is 3.55. The number of nitrogens with one attached hydrogen (secondary N) is 1. The van der Waals surface area contributed by atoms with Crippen molar-refractivity contribution in [3.05, 3.63) is 71.9 Å². The first-order chi connectivity index (χ1) is 14.2. The molecule has 0 unspecified atom stereocenters. The number of nitrogens with zero attached hydrogens (tertiary/aromatic N) is 4. The number of aromatic nitrogens is 2. The van der Waals surface area contributed by atoms with E-state index >= 15 is 0 Å². The maximum atomic E-state index is 5.30. The topological polar surface area (TPSA) is 53.5 Å². The zero-order chi connectivity index (χ0) is 20.1. The van der Waals surface area contributed by atoms with Crippen molar-refractivity contribution in [1.29, 1.82) is 0 Å². The van der Waals surface area contributed by atoms with Gasteiger partial charge in [-0.15, -0.1) is 0 Å². The number of benzene rings is 2. The van der Waals surface area contributed by atoms with Crippen LogP contribution in [0.25, 0.3) is 0 Å². The van der Waals surface area contributed by atoms with Gasteiger partial charge in [0.1, 0.15) is 11.6 Å². The fraction of sp³-hybridized carbons (Fsp3) is 0.304. The molecule has 0 aliphatic carbocycles. The van der Waals surface area contributed by atoms with E-state index in [1.54, 1.807) is 7.11 Å². The van der Waals surface area contributed by atoms with Crippen LogP contribution >= 0.6 is 0 Å². The summed E-state index contributed by atoms with van der Waals surface area (Å²) < 4.78 is 5.30. The molecule has 0 saturated carbocycles. The van der Waals surface area contributed by atoms with Gasteiger partial charge in [0, 0.05) is 56.2 Å². The highest BCUT2D eigenvalue weighted by atomic mass is 16.5. The van der Waals surface area contributed by atoms with Crippen molar-refractivity contribution in [2.45, 2.75) is 13.5 Å². The second-order valence-electron chi connectivity index (χ2n) is 7.30. The minimum atomic E-state index is 0.787. The average Bonchev–Trinajstić information content (AvgIpc) is 2.75. The van der Waals surface area contributed by atoms with Crippen LogP contribution in [0, 0.1) is 6.92 Å². The Morgan fingerprint density at radius 2 is 1.72 bits per heavy atom. The molecule has 1 aliphatic rings. The molecular formula is C23H27N5O. The number of hydrogen-bond acceptors (Lipinski definition) is 6. The maximum absolute atomic E-state index is 5.30. The van der Waals surface area contributed by atoms with E-state index in [-0.39, 0.29) is 0 Å². The van der Waals surface area contributed by atoms with Gasteiger partial charge in [0.25, 0.3) is 0 Å². The largest absolute Gasteiger partial charge is 0.497 e. The van der Waals surface area contributed by atoms with Gasteiger partial charge in [0.2, 0.25) is 5.95 Å². The zero-order valence-corrected chi connectivity index (χ0v) is 17.0. The Hall–Kier alpha value is -3.12. The van der Waals surface area contributed by atoms with Gasteiger partial charge in [-0.1, -0.05) is 36.4 Å². The summed E-state index contributed by atoms with van der Waals surface area (Å²) in [7, 11) is 1.67. The molecule has 1 aliphatic heterocycles. The third-order valence-electron chi connectivity index (χ3n) is 5.09. The molecule has 0 atom stereocenters. The lowest BCUT2D eigenvalue weighted by Gasteiger charge is -2.35. The highest BCUT2D eigenvalue weighted by Gasteiger charge is 2.19. The molecule has 4 rings (SSSR count). The molecule has 29 heavy (non-hydrogen) atoms. The van der Waals surface area contributed by atoms with Gasteiger partial charge >= 0.3 is 0 Å². The molecule has 2 aromatic carbocycles. The summed E-state index contributed by atoms with van der Waals surface area (Å²) in [6.45, 7) is 6.86. The summed E-state index contributed by atoms with van der Waals surface area (Å²) in [6.07, 6.45) is 0. The molecular weight excluding hydrogens is 362 g/mol. The van der Waals surface area contributed by atoms with Crippen LogP contribution in [0.5, 0.6) is 5.75 Å². The predicted molar refractivity (Wildman–Crippen MR) is 117 cm³/mol. The minimum absolute atomic E-state index is 0.787. The molecule has 0 spiro atoms. The number of piperazine rings is 1. The molecule has 3 aromatic rings. The van der Waals surface area contributed by atoms with Crippen molar-refractivity contribution in [3.8, 4) is 5.75 Å². The van der Waals surface area contributed by atoms with Crippen LogP contribution in [0.3, 0.4) is 0 Å². The van der Waals surface area contributed by atoms with E-state index in [9.17, 15) is 0 Å². The van der Waals surface area contributed by atoms with Crippen molar-refractivity contribution in [2.75, 3.05) is 43.5 Å². The number of aryl methyl sites for hydroxylation is 1. The van der Waals surface area contributed by atoms with Crippen molar-refractivity contribution in [1.82, 2.24) is 14.9 Å². The number of rotatable bonds is 6. The molecule has 2 heterocycles. The monoisotopic (exact) mass is 389 g/mol. The van der Waals surface area contributed by atoms with Crippen LogP contribution in [0.15, 0.2) is 60.7 Å². The highest BCUT2D eigenvalue weighted by molar-refractivity contribution is 5.59. The average molecular weight is 390 g/mol. The van der Waals surface area contributed by atoms with Crippen molar-refractivity contribution >= 4 is 17.5 Å². The third-order valence-corrected chi connectivity index (χ3v) is 5.09. The molecule has 1 aromatic heterocycles.